The van der Waals surface area contributed by atoms with E-state index in [2.05, 4.69) is 4.98 Å². The SMILES string of the molecule is O=C(COc1ccccc1[C@H]1c2sc(=O)[nH]c2SC2C(=O)N(c3cccc(C(F)(F)F)c3)C(=O)C21)N1CCOCC1. The molecule has 0 spiro atoms. The zero-order valence-corrected chi connectivity index (χ0v) is 22.8. The molecule has 41 heavy (non-hydrogen) atoms. The number of halogens is 3. The maximum absolute atomic E-state index is 13.9. The number of benzene rings is 2. The lowest BCUT2D eigenvalue weighted by molar-refractivity contribution is -0.138. The number of nitrogens with one attached hydrogen (secondary N) is 1. The van der Waals surface area contributed by atoms with Gasteiger partial charge >= 0.3 is 11.0 Å². The van der Waals surface area contributed by atoms with Crippen LogP contribution in [-0.4, -0.2) is 65.8 Å². The van der Waals surface area contributed by atoms with Crippen LogP contribution in [0.25, 0.3) is 0 Å². The molecule has 3 aromatic rings. The Morgan fingerprint density at radius 3 is 2.56 bits per heavy atom. The minimum absolute atomic E-state index is 0.180. The van der Waals surface area contributed by atoms with Crippen molar-refractivity contribution in [1.29, 1.82) is 0 Å². The van der Waals surface area contributed by atoms with Crippen LogP contribution in [-0.2, 0) is 25.3 Å². The molecular weight excluding hydrogens is 583 g/mol. The van der Waals surface area contributed by atoms with Gasteiger partial charge in [-0.25, -0.2) is 4.90 Å². The number of morpholine rings is 1. The third-order valence-corrected chi connectivity index (χ3v) is 9.63. The first-order chi connectivity index (χ1) is 19.6. The molecule has 1 aromatic heterocycles. The average Bonchev–Trinajstić information content (AvgIpc) is 3.46. The number of alkyl halides is 3. The Hall–Kier alpha value is -3.62. The van der Waals surface area contributed by atoms with Gasteiger partial charge in [0.25, 0.3) is 5.91 Å². The summed E-state index contributed by atoms with van der Waals surface area (Å²) in [5.41, 5.74) is -0.677. The zero-order valence-electron chi connectivity index (χ0n) is 21.2. The predicted molar refractivity (Wildman–Crippen MR) is 143 cm³/mol. The average molecular weight is 606 g/mol. The van der Waals surface area contributed by atoms with Crippen molar-refractivity contribution in [3.63, 3.8) is 0 Å². The second-order valence-electron chi connectivity index (χ2n) is 9.63. The Morgan fingerprint density at radius 2 is 1.80 bits per heavy atom. The van der Waals surface area contributed by atoms with Gasteiger partial charge in [0.15, 0.2) is 6.61 Å². The number of carbonyl (C=O) groups is 3. The molecule has 0 radical (unpaired) electrons. The predicted octanol–water partition coefficient (Wildman–Crippen LogP) is 3.49. The van der Waals surface area contributed by atoms with Gasteiger partial charge in [0.05, 0.1) is 35.4 Å². The Balaban J connectivity index is 1.37. The first-order valence-electron chi connectivity index (χ1n) is 12.7. The van der Waals surface area contributed by atoms with E-state index in [0.29, 0.717) is 47.5 Å². The molecule has 3 aliphatic rings. The molecule has 0 saturated carbocycles. The number of anilines is 1. The van der Waals surface area contributed by atoms with Crippen LogP contribution in [0.1, 0.15) is 21.9 Å². The second-order valence-corrected chi connectivity index (χ2v) is 11.8. The number of thiazole rings is 1. The van der Waals surface area contributed by atoms with Gasteiger partial charge in [0, 0.05) is 29.4 Å². The summed E-state index contributed by atoms with van der Waals surface area (Å²) in [5.74, 6) is -3.14. The molecule has 0 aliphatic carbocycles. The molecule has 14 heteroatoms. The fourth-order valence-electron chi connectivity index (χ4n) is 5.34. The van der Waals surface area contributed by atoms with Gasteiger partial charge in [-0.05, 0) is 24.3 Å². The summed E-state index contributed by atoms with van der Waals surface area (Å²) in [5, 5.41) is -0.583. The monoisotopic (exact) mass is 605 g/mol. The van der Waals surface area contributed by atoms with Crippen molar-refractivity contribution in [1.82, 2.24) is 9.88 Å². The molecule has 3 atom stereocenters. The van der Waals surface area contributed by atoms with Gasteiger partial charge in [-0.2, -0.15) is 13.2 Å². The van der Waals surface area contributed by atoms with Gasteiger partial charge in [0.2, 0.25) is 11.8 Å². The number of rotatable bonds is 5. The van der Waals surface area contributed by atoms with E-state index in [1.807, 2.05) is 0 Å². The van der Waals surface area contributed by atoms with Gasteiger partial charge in [-0.3, -0.25) is 19.2 Å². The van der Waals surface area contributed by atoms with Crippen LogP contribution in [0, 0.1) is 5.92 Å². The number of carbonyl (C=O) groups excluding carboxylic acids is 3. The summed E-state index contributed by atoms with van der Waals surface area (Å²) >= 11 is 1.91. The second kappa shape index (κ2) is 10.7. The number of amides is 3. The molecule has 3 aliphatic heterocycles. The van der Waals surface area contributed by atoms with Crippen LogP contribution in [0.4, 0.5) is 18.9 Å². The number of ether oxygens (including phenoxy) is 2. The summed E-state index contributed by atoms with van der Waals surface area (Å²) in [6.07, 6.45) is -4.66. The van der Waals surface area contributed by atoms with Gasteiger partial charge < -0.3 is 19.4 Å². The number of hydrogen-bond acceptors (Lipinski definition) is 8. The largest absolute Gasteiger partial charge is 0.483 e. The quantitative estimate of drug-likeness (QED) is 0.444. The van der Waals surface area contributed by atoms with Crippen LogP contribution in [0.15, 0.2) is 58.4 Å². The smallest absolute Gasteiger partial charge is 0.416 e. The number of imide groups is 1. The Bertz CT molecular complexity index is 1580. The van der Waals surface area contributed by atoms with Gasteiger partial charge in [-0.1, -0.05) is 47.4 Å². The normalized spacial score (nSPS) is 22.5. The highest BCUT2D eigenvalue weighted by Crippen LogP contribution is 2.54. The van der Waals surface area contributed by atoms with Crippen molar-refractivity contribution >= 4 is 46.5 Å². The maximum atomic E-state index is 13.9. The third-order valence-electron chi connectivity index (χ3n) is 7.22. The number of aromatic amines is 1. The molecule has 2 unspecified atom stereocenters. The molecule has 0 bridgehead atoms. The minimum Gasteiger partial charge on any atom is -0.483 e. The molecular formula is C27H22F3N3O6S2. The molecule has 2 saturated heterocycles. The van der Waals surface area contributed by atoms with Crippen molar-refractivity contribution in [2.75, 3.05) is 37.8 Å². The number of nitrogens with zero attached hydrogens (tertiary/aromatic N) is 2. The number of thioether (sulfide) groups is 1. The fraction of sp³-hybridized carbons (Fsp3) is 0.333. The highest BCUT2D eigenvalue weighted by molar-refractivity contribution is 8.00. The number of aromatic nitrogens is 1. The summed E-state index contributed by atoms with van der Waals surface area (Å²) in [7, 11) is 0. The summed E-state index contributed by atoms with van der Waals surface area (Å²) in [4.78, 5) is 57.9. The summed E-state index contributed by atoms with van der Waals surface area (Å²) in [6, 6.07) is 10.8. The lowest BCUT2D eigenvalue weighted by Gasteiger charge is -2.31. The number of hydrogen-bond donors (Lipinski definition) is 1. The standard InChI is InChI=1S/C27H22F3N3O6S2/c28-27(29,30)14-4-3-5-15(12-14)33-24(35)20-19(21-23(31-26(37)41-21)40-22(20)25(33)36)16-6-1-2-7-17(16)39-13-18(34)32-8-10-38-11-9-32/h1-7,12,19-20,22H,8-11,13H2,(H,31,37)/t19-,20?,22?/m1/s1. The van der Waals surface area contributed by atoms with Crippen molar-refractivity contribution in [3.05, 3.63) is 74.2 Å². The molecule has 2 aromatic carbocycles. The van der Waals surface area contributed by atoms with Crippen LogP contribution < -0.4 is 14.5 Å². The van der Waals surface area contributed by atoms with Crippen LogP contribution in [0.5, 0.6) is 5.75 Å². The van der Waals surface area contributed by atoms with E-state index >= 15 is 0 Å². The molecule has 3 amide bonds. The van der Waals surface area contributed by atoms with E-state index in [9.17, 15) is 32.3 Å². The number of para-hydroxylation sites is 1. The topological polar surface area (TPSA) is 109 Å². The van der Waals surface area contributed by atoms with E-state index in [1.165, 1.54) is 6.07 Å². The Kier molecular flexibility index (Phi) is 7.16. The highest BCUT2D eigenvalue weighted by Gasteiger charge is 2.57. The summed E-state index contributed by atoms with van der Waals surface area (Å²) < 4.78 is 51.5. The van der Waals surface area contributed by atoms with Gasteiger partial charge in [0.1, 0.15) is 11.0 Å². The fourth-order valence-corrected chi connectivity index (χ4v) is 7.85. The molecule has 4 heterocycles. The lowest BCUT2D eigenvalue weighted by atomic mass is 9.82. The molecule has 9 nitrogen and oxygen atoms in total. The lowest BCUT2D eigenvalue weighted by Crippen LogP contribution is -2.43. The molecule has 6 rings (SSSR count). The van der Waals surface area contributed by atoms with E-state index in [4.69, 9.17) is 9.47 Å². The van der Waals surface area contributed by atoms with E-state index in [-0.39, 0.29) is 23.1 Å². The molecule has 214 valence electrons. The van der Waals surface area contributed by atoms with Crippen LogP contribution >= 0.6 is 23.1 Å². The minimum atomic E-state index is -4.66. The van der Waals surface area contributed by atoms with E-state index in [1.54, 1.807) is 29.2 Å². The van der Waals surface area contributed by atoms with Crippen molar-refractivity contribution < 1.29 is 37.0 Å². The number of H-pyrrole nitrogens is 1. The Labute approximate surface area is 239 Å². The molecule has 1 N–H and O–H groups in total. The molecule has 2 fully saturated rings. The van der Waals surface area contributed by atoms with Crippen LogP contribution in [0.3, 0.4) is 0 Å². The van der Waals surface area contributed by atoms with E-state index < -0.39 is 40.6 Å². The van der Waals surface area contributed by atoms with Crippen molar-refractivity contribution in [2.45, 2.75) is 22.4 Å². The van der Waals surface area contributed by atoms with Crippen molar-refractivity contribution in [3.8, 4) is 5.75 Å². The first kappa shape index (κ1) is 27.5. The highest BCUT2D eigenvalue weighted by atomic mass is 32.2. The maximum Gasteiger partial charge on any atom is 0.416 e. The zero-order chi connectivity index (χ0) is 28.9. The Morgan fingerprint density at radius 1 is 1.05 bits per heavy atom. The van der Waals surface area contributed by atoms with E-state index in [0.717, 1.165) is 46.2 Å². The third kappa shape index (κ3) is 5.04. The first-order valence-corrected chi connectivity index (χ1v) is 14.3. The van der Waals surface area contributed by atoms with Crippen molar-refractivity contribution in [2.24, 2.45) is 5.92 Å². The van der Waals surface area contributed by atoms with Gasteiger partial charge in [-0.15, -0.1) is 0 Å². The van der Waals surface area contributed by atoms with Crippen LogP contribution in [0.2, 0.25) is 0 Å². The summed E-state index contributed by atoms with van der Waals surface area (Å²) in [6.45, 7) is 1.47. The number of fused-ring (bicyclic) bond motifs is 2.